The van der Waals surface area contributed by atoms with E-state index in [0.29, 0.717) is 18.9 Å². The Hall–Kier alpha value is -1.06. The average Bonchev–Trinajstić information content (AvgIpc) is 2.79. The molecule has 19 heavy (non-hydrogen) atoms. The number of hydrogen-bond donors (Lipinski definition) is 2. The molecule has 1 saturated carbocycles. The zero-order valence-electron chi connectivity index (χ0n) is 11.4. The largest absolute Gasteiger partial charge is 0.353 e. The summed E-state index contributed by atoms with van der Waals surface area (Å²) in [7, 11) is 0. The standard InChI is InChI=1S/C15H22N2O.ClH/c1-11-5-2-3-6-12(11)9-15(18)17-14-8-4-7-13(14)10-16;/h2-3,5-6,13-14H,4,7-10,16H2,1H3,(H,17,18);1H. The van der Waals surface area contributed by atoms with Crippen LogP contribution in [-0.4, -0.2) is 18.5 Å². The van der Waals surface area contributed by atoms with Crippen molar-refractivity contribution in [2.45, 2.75) is 38.6 Å². The molecule has 0 heterocycles. The molecule has 1 aromatic rings. The molecule has 0 aromatic heterocycles. The molecule has 3 N–H and O–H groups in total. The zero-order chi connectivity index (χ0) is 13.0. The van der Waals surface area contributed by atoms with Crippen LogP contribution in [0, 0.1) is 12.8 Å². The highest BCUT2D eigenvalue weighted by molar-refractivity contribution is 5.85. The van der Waals surface area contributed by atoms with Crippen LogP contribution < -0.4 is 11.1 Å². The fraction of sp³-hybridized carbons (Fsp3) is 0.533. The van der Waals surface area contributed by atoms with Gasteiger partial charge in [0.25, 0.3) is 0 Å². The molecule has 3 nitrogen and oxygen atoms in total. The van der Waals surface area contributed by atoms with Crippen LogP contribution >= 0.6 is 12.4 Å². The molecule has 2 unspecified atom stereocenters. The second-order valence-electron chi connectivity index (χ2n) is 5.20. The van der Waals surface area contributed by atoms with E-state index in [0.717, 1.165) is 18.4 Å². The molecule has 0 saturated heterocycles. The Labute approximate surface area is 121 Å². The minimum absolute atomic E-state index is 0. The van der Waals surface area contributed by atoms with Crippen LogP contribution in [0.1, 0.15) is 30.4 Å². The topological polar surface area (TPSA) is 55.1 Å². The Morgan fingerprint density at radius 1 is 1.37 bits per heavy atom. The van der Waals surface area contributed by atoms with Crippen LogP contribution in [0.3, 0.4) is 0 Å². The summed E-state index contributed by atoms with van der Waals surface area (Å²) in [5.74, 6) is 0.584. The summed E-state index contributed by atoms with van der Waals surface area (Å²) < 4.78 is 0. The van der Waals surface area contributed by atoms with E-state index in [9.17, 15) is 4.79 Å². The number of benzene rings is 1. The Morgan fingerprint density at radius 3 is 2.79 bits per heavy atom. The van der Waals surface area contributed by atoms with Crippen molar-refractivity contribution in [1.82, 2.24) is 5.32 Å². The van der Waals surface area contributed by atoms with Gasteiger partial charge in [-0.05, 0) is 43.4 Å². The second-order valence-corrected chi connectivity index (χ2v) is 5.20. The quantitative estimate of drug-likeness (QED) is 0.890. The van der Waals surface area contributed by atoms with E-state index < -0.39 is 0 Å². The lowest BCUT2D eigenvalue weighted by molar-refractivity contribution is -0.121. The number of halogens is 1. The number of aryl methyl sites for hydroxylation is 1. The molecule has 2 rings (SSSR count). The second kappa shape index (κ2) is 7.51. The molecule has 1 amide bonds. The van der Waals surface area contributed by atoms with Crippen molar-refractivity contribution in [3.63, 3.8) is 0 Å². The normalized spacial score (nSPS) is 21.8. The zero-order valence-corrected chi connectivity index (χ0v) is 12.2. The summed E-state index contributed by atoms with van der Waals surface area (Å²) in [5, 5.41) is 3.14. The Kier molecular flexibility index (Phi) is 6.32. The molecular weight excluding hydrogens is 260 g/mol. The predicted molar refractivity (Wildman–Crippen MR) is 80.5 cm³/mol. The first-order chi connectivity index (χ1) is 8.70. The van der Waals surface area contributed by atoms with Gasteiger partial charge in [0, 0.05) is 6.04 Å². The van der Waals surface area contributed by atoms with Gasteiger partial charge in [-0.3, -0.25) is 4.79 Å². The third kappa shape index (κ3) is 4.22. The average molecular weight is 283 g/mol. The predicted octanol–water partition coefficient (Wildman–Crippen LogP) is 2.20. The summed E-state index contributed by atoms with van der Waals surface area (Å²) in [4.78, 5) is 12.0. The van der Waals surface area contributed by atoms with Crippen molar-refractivity contribution in [1.29, 1.82) is 0 Å². The summed E-state index contributed by atoms with van der Waals surface area (Å²) in [6, 6.07) is 8.32. The molecule has 1 aliphatic carbocycles. The van der Waals surface area contributed by atoms with Crippen LogP contribution in [0.2, 0.25) is 0 Å². The van der Waals surface area contributed by atoms with Gasteiger partial charge < -0.3 is 11.1 Å². The highest BCUT2D eigenvalue weighted by atomic mass is 35.5. The fourth-order valence-electron chi connectivity index (χ4n) is 2.75. The van der Waals surface area contributed by atoms with Gasteiger partial charge in [0.15, 0.2) is 0 Å². The maximum atomic E-state index is 12.0. The van der Waals surface area contributed by atoms with E-state index in [-0.39, 0.29) is 24.4 Å². The van der Waals surface area contributed by atoms with E-state index >= 15 is 0 Å². The third-order valence-electron chi connectivity index (χ3n) is 3.92. The molecule has 0 radical (unpaired) electrons. The molecule has 1 aromatic carbocycles. The molecule has 4 heteroatoms. The molecule has 1 fully saturated rings. The van der Waals surface area contributed by atoms with Gasteiger partial charge in [0.2, 0.25) is 5.91 Å². The molecule has 0 bridgehead atoms. The molecule has 1 aliphatic rings. The lowest BCUT2D eigenvalue weighted by atomic mass is 10.0. The number of hydrogen-bond acceptors (Lipinski definition) is 2. The lowest BCUT2D eigenvalue weighted by Gasteiger charge is -2.19. The minimum atomic E-state index is 0. The first-order valence-electron chi connectivity index (χ1n) is 6.74. The first kappa shape index (κ1) is 16.0. The van der Waals surface area contributed by atoms with Crippen LogP contribution in [0.25, 0.3) is 0 Å². The highest BCUT2D eigenvalue weighted by Gasteiger charge is 2.27. The summed E-state index contributed by atoms with van der Waals surface area (Å²) in [5.41, 5.74) is 8.01. The monoisotopic (exact) mass is 282 g/mol. The highest BCUT2D eigenvalue weighted by Crippen LogP contribution is 2.24. The van der Waals surface area contributed by atoms with E-state index in [4.69, 9.17) is 5.73 Å². The molecular formula is C15H23ClN2O. The van der Waals surface area contributed by atoms with Gasteiger partial charge in [-0.2, -0.15) is 0 Å². The van der Waals surface area contributed by atoms with Gasteiger partial charge in [0.05, 0.1) is 6.42 Å². The Balaban J connectivity index is 0.00000180. The van der Waals surface area contributed by atoms with E-state index in [1.165, 1.54) is 12.0 Å². The van der Waals surface area contributed by atoms with Crippen LogP contribution in [0.5, 0.6) is 0 Å². The van der Waals surface area contributed by atoms with Gasteiger partial charge in [-0.15, -0.1) is 12.4 Å². The van der Waals surface area contributed by atoms with Crippen LogP contribution in [0.15, 0.2) is 24.3 Å². The molecule has 0 spiro atoms. The van der Waals surface area contributed by atoms with Gasteiger partial charge in [-0.25, -0.2) is 0 Å². The van der Waals surface area contributed by atoms with Crippen molar-refractivity contribution in [2.75, 3.05) is 6.54 Å². The molecule has 106 valence electrons. The van der Waals surface area contributed by atoms with Crippen LogP contribution in [0.4, 0.5) is 0 Å². The first-order valence-corrected chi connectivity index (χ1v) is 6.74. The van der Waals surface area contributed by atoms with Crippen molar-refractivity contribution < 1.29 is 4.79 Å². The van der Waals surface area contributed by atoms with E-state index in [1.807, 2.05) is 31.2 Å². The van der Waals surface area contributed by atoms with Gasteiger partial charge in [0.1, 0.15) is 0 Å². The summed E-state index contributed by atoms with van der Waals surface area (Å²) >= 11 is 0. The minimum Gasteiger partial charge on any atom is -0.353 e. The van der Waals surface area contributed by atoms with Gasteiger partial charge >= 0.3 is 0 Å². The van der Waals surface area contributed by atoms with Crippen molar-refractivity contribution >= 4 is 18.3 Å². The molecule has 0 aliphatic heterocycles. The smallest absolute Gasteiger partial charge is 0.224 e. The number of amides is 1. The number of nitrogens with two attached hydrogens (primary N) is 1. The third-order valence-corrected chi connectivity index (χ3v) is 3.92. The number of nitrogens with one attached hydrogen (secondary N) is 1. The van der Waals surface area contributed by atoms with E-state index in [2.05, 4.69) is 5.32 Å². The number of carbonyl (C=O) groups is 1. The number of rotatable bonds is 4. The SMILES string of the molecule is Cc1ccccc1CC(=O)NC1CCCC1CN.Cl. The van der Waals surface area contributed by atoms with Crippen molar-refractivity contribution in [3.05, 3.63) is 35.4 Å². The molecule has 2 atom stereocenters. The maximum absolute atomic E-state index is 12.0. The van der Waals surface area contributed by atoms with E-state index in [1.54, 1.807) is 0 Å². The maximum Gasteiger partial charge on any atom is 0.224 e. The number of carbonyl (C=O) groups excluding carboxylic acids is 1. The van der Waals surface area contributed by atoms with Gasteiger partial charge in [-0.1, -0.05) is 30.7 Å². The fourth-order valence-corrected chi connectivity index (χ4v) is 2.75. The Morgan fingerprint density at radius 2 is 2.11 bits per heavy atom. The summed E-state index contributed by atoms with van der Waals surface area (Å²) in [6.45, 7) is 2.72. The van der Waals surface area contributed by atoms with Crippen molar-refractivity contribution in [2.24, 2.45) is 11.7 Å². The lowest BCUT2D eigenvalue weighted by Crippen LogP contribution is -2.40. The van der Waals surface area contributed by atoms with Crippen LogP contribution in [-0.2, 0) is 11.2 Å². The van der Waals surface area contributed by atoms with Crippen molar-refractivity contribution in [3.8, 4) is 0 Å². The Bertz CT molecular complexity index is 422. The summed E-state index contributed by atoms with van der Waals surface area (Å²) in [6.07, 6.45) is 3.87.